The van der Waals surface area contributed by atoms with E-state index in [0.717, 1.165) is 5.56 Å². The van der Waals surface area contributed by atoms with Gasteiger partial charge in [-0.1, -0.05) is 30.3 Å². The molecule has 0 aliphatic carbocycles. The quantitative estimate of drug-likeness (QED) is 0.763. The summed E-state index contributed by atoms with van der Waals surface area (Å²) in [7, 11) is 0. The maximum atomic E-state index is 8.99. The minimum atomic E-state index is -0.653. The maximum absolute atomic E-state index is 8.99. The normalized spacial score (nSPS) is 27.6. The molecule has 3 nitrogen and oxygen atoms in total. The second kappa shape index (κ2) is 4.25. The Morgan fingerprint density at radius 1 is 1.25 bits per heavy atom. The van der Waals surface area contributed by atoms with Crippen LogP contribution in [0.25, 0.3) is 0 Å². The molecule has 3 heteroatoms. The predicted molar refractivity (Wildman–Crippen MR) is 59.6 cm³/mol. The molecule has 1 heterocycles. The highest BCUT2D eigenvalue weighted by Gasteiger charge is 2.41. The van der Waals surface area contributed by atoms with E-state index in [1.807, 2.05) is 44.2 Å². The molecule has 1 aliphatic rings. The molecule has 1 aromatic rings. The van der Waals surface area contributed by atoms with E-state index in [9.17, 15) is 0 Å². The van der Waals surface area contributed by atoms with Crippen molar-refractivity contribution in [3.05, 3.63) is 35.9 Å². The summed E-state index contributed by atoms with van der Waals surface area (Å²) in [5.41, 5.74) is 1.16. The fourth-order valence-corrected chi connectivity index (χ4v) is 1.94. The average molecular weight is 217 g/mol. The third-order valence-electron chi connectivity index (χ3n) is 2.59. The van der Waals surface area contributed by atoms with Crippen LogP contribution in [0.2, 0.25) is 0 Å². The summed E-state index contributed by atoms with van der Waals surface area (Å²) in [4.78, 5) is 0. The van der Waals surface area contributed by atoms with Gasteiger partial charge < -0.3 is 9.47 Å². The van der Waals surface area contributed by atoms with Crippen LogP contribution in [0.15, 0.2) is 30.3 Å². The van der Waals surface area contributed by atoms with E-state index in [-0.39, 0.29) is 6.10 Å². The zero-order valence-corrected chi connectivity index (χ0v) is 9.51. The van der Waals surface area contributed by atoms with Gasteiger partial charge in [-0.15, -0.1) is 0 Å². The molecule has 2 rings (SSSR count). The van der Waals surface area contributed by atoms with Gasteiger partial charge in [0.05, 0.1) is 6.07 Å². The Labute approximate surface area is 95.6 Å². The largest absolute Gasteiger partial charge is 0.343 e. The van der Waals surface area contributed by atoms with E-state index >= 15 is 0 Å². The molecule has 16 heavy (non-hydrogen) atoms. The number of benzene rings is 1. The van der Waals surface area contributed by atoms with Crippen LogP contribution < -0.4 is 0 Å². The second-order valence-corrected chi connectivity index (χ2v) is 4.41. The minimum Gasteiger partial charge on any atom is -0.343 e. The van der Waals surface area contributed by atoms with E-state index in [0.29, 0.717) is 6.42 Å². The first kappa shape index (κ1) is 11.1. The molecule has 0 unspecified atom stereocenters. The standard InChI is InChI=1S/C13H15NO2/c1-13(2)15-11(12(9-14)16-13)8-10-6-4-3-5-7-10/h3-7,11-12H,8H2,1-2H3/t11-,12+/m0/s1. The lowest BCUT2D eigenvalue weighted by molar-refractivity contribution is -0.142. The van der Waals surface area contributed by atoms with Gasteiger partial charge in [-0.2, -0.15) is 5.26 Å². The van der Waals surface area contributed by atoms with Gasteiger partial charge in [0.1, 0.15) is 6.10 Å². The molecular formula is C13H15NO2. The Bertz CT molecular complexity index is 394. The average Bonchev–Trinajstić information content (AvgIpc) is 2.54. The zero-order valence-electron chi connectivity index (χ0n) is 9.51. The van der Waals surface area contributed by atoms with Crippen LogP contribution in [0.3, 0.4) is 0 Å². The summed E-state index contributed by atoms with van der Waals surface area (Å²) in [5.74, 6) is -0.653. The molecule has 0 radical (unpaired) electrons. The SMILES string of the molecule is CC1(C)O[C@@H](Cc2ccccc2)[C@@H](C#N)O1. The van der Waals surface area contributed by atoms with E-state index < -0.39 is 11.9 Å². The highest BCUT2D eigenvalue weighted by molar-refractivity contribution is 5.17. The molecule has 1 fully saturated rings. The lowest BCUT2D eigenvalue weighted by Gasteiger charge is -2.16. The van der Waals surface area contributed by atoms with E-state index in [1.54, 1.807) is 0 Å². The molecular weight excluding hydrogens is 202 g/mol. The molecule has 0 bridgehead atoms. The van der Waals surface area contributed by atoms with Crippen LogP contribution in [0, 0.1) is 11.3 Å². The van der Waals surface area contributed by atoms with Crippen molar-refractivity contribution in [3.63, 3.8) is 0 Å². The number of hydrogen-bond acceptors (Lipinski definition) is 3. The monoisotopic (exact) mass is 217 g/mol. The Balaban J connectivity index is 2.08. The Morgan fingerprint density at radius 3 is 2.56 bits per heavy atom. The third kappa shape index (κ3) is 2.41. The summed E-state index contributed by atoms with van der Waals surface area (Å²) in [6, 6.07) is 12.1. The van der Waals surface area contributed by atoms with E-state index in [1.165, 1.54) is 0 Å². The summed E-state index contributed by atoms with van der Waals surface area (Å²) >= 11 is 0. The first-order valence-corrected chi connectivity index (χ1v) is 5.40. The fourth-order valence-electron chi connectivity index (χ4n) is 1.94. The van der Waals surface area contributed by atoms with Crippen molar-refractivity contribution >= 4 is 0 Å². The molecule has 1 saturated heterocycles. The summed E-state index contributed by atoms with van der Waals surface area (Å²) in [6.07, 6.45) is 0.0558. The van der Waals surface area contributed by atoms with Gasteiger partial charge in [0, 0.05) is 6.42 Å². The van der Waals surface area contributed by atoms with Gasteiger partial charge in [0.25, 0.3) is 0 Å². The van der Waals surface area contributed by atoms with Crippen LogP contribution in [-0.2, 0) is 15.9 Å². The smallest absolute Gasteiger partial charge is 0.173 e. The summed E-state index contributed by atoms with van der Waals surface area (Å²) in [6.45, 7) is 3.67. The molecule has 1 aromatic carbocycles. The van der Waals surface area contributed by atoms with Gasteiger partial charge in [0.15, 0.2) is 11.9 Å². The maximum Gasteiger partial charge on any atom is 0.173 e. The number of ether oxygens (including phenoxy) is 2. The van der Waals surface area contributed by atoms with Crippen LogP contribution >= 0.6 is 0 Å². The molecule has 84 valence electrons. The second-order valence-electron chi connectivity index (χ2n) is 4.41. The lowest BCUT2D eigenvalue weighted by atomic mass is 10.0. The van der Waals surface area contributed by atoms with Gasteiger partial charge in [-0.25, -0.2) is 0 Å². The zero-order chi connectivity index (χ0) is 11.6. The van der Waals surface area contributed by atoms with Crippen LogP contribution in [0.1, 0.15) is 19.4 Å². The number of hydrogen-bond donors (Lipinski definition) is 0. The van der Waals surface area contributed by atoms with Crippen molar-refractivity contribution in [2.24, 2.45) is 0 Å². The summed E-state index contributed by atoms with van der Waals surface area (Å²) < 4.78 is 11.2. The van der Waals surface area contributed by atoms with E-state index in [4.69, 9.17) is 14.7 Å². The predicted octanol–water partition coefficient (Wildman–Crippen LogP) is 2.27. The van der Waals surface area contributed by atoms with Crippen LogP contribution in [0.4, 0.5) is 0 Å². The van der Waals surface area contributed by atoms with Crippen molar-refractivity contribution in [1.82, 2.24) is 0 Å². The highest BCUT2D eigenvalue weighted by atomic mass is 16.7. The highest BCUT2D eigenvalue weighted by Crippen LogP contribution is 2.29. The Hall–Kier alpha value is -1.37. The van der Waals surface area contributed by atoms with Crippen molar-refractivity contribution in [2.45, 2.75) is 38.3 Å². The van der Waals surface area contributed by atoms with Crippen molar-refractivity contribution < 1.29 is 9.47 Å². The third-order valence-corrected chi connectivity index (χ3v) is 2.59. The minimum absolute atomic E-state index is 0.178. The van der Waals surface area contributed by atoms with E-state index in [2.05, 4.69) is 6.07 Å². The Morgan fingerprint density at radius 2 is 1.94 bits per heavy atom. The topological polar surface area (TPSA) is 42.2 Å². The molecule has 0 aromatic heterocycles. The molecule has 1 aliphatic heterocycles. The van der Waals surface area contributed by atoms with Gasteiger partial charge in [-0.3, -0.25) is 0 Å². The Kier molecular flexibility index (Phi) is 2.95. The van der Waals surface area contributed by atoms with Gasteiger partial charge in [0.2, 0.25) is 0 Å². The summed E-state index contributed by atoms with van der Waals surface area (Å²) in [5, 5.41) is 8.99. The van der Waals surface area contributed by atoms with Crippen LogP contribution in [0.5, 0.6) is 0 Å². The first-order valence-electron chi connectivity index (χ1n) is 5.40. The fraction of sp³-hybridized carbons (Fsp3) is 0.462. The number of rotatable bonds is 2. The molecule has 2 atom stereocenters. The lowest BCUT2D eigenvalue weighted by Crippen LogP contribution is -2.23. The van der Waals surface area contributed by atoms with Crippen molar-refractivity contribution in [3.8, 4) is 6.07 Å². The van der Waals surface area contributed by atoms with Gasteiger partial charge >= 0.3 is 0 Å². The van der Waals surface area contributed by atoms with Crippen LogP contribution in [-0.4, -0.2) is 18.0 Å². The number of nitriles is 1. The molecule has 0 amide bonds. The number of nitrogens with zero attached hydrogens (tertiary/aromatic N) is 1. The van der Waals surface area contributed by atoms with Crippen molar-refractivity contribution in [2.75, 3.05) is 0 Å². The molecule has 0 N–H and O–H groups in total. The first-order chi connectivity index (χ1) is 7.61. The molecule has 0 spiro atoms. The molecule has 0 saturated carbocycles. The van der Waals surface area contributed by atoms with Crippen molar-refractivity contribution in [1.29, 1.82) is 5.26 Å². The van der Waals surface area contributed by atoms with Gasteiger partial charge in [-0.05, 0) is 19.4 Å².